The Labute approximate surface area is 162 Å². The van der Waals surface area contributed by atoms with Crippen LogP contribution in [0.3, 0.4) is 0 Å². The molecule has 0 aliphatic heterocycles. The van der Waals surface area contributed by atoms with Crippen LogP contribution >= 0.6 is 11.3 Å². The normalized spacial score (nSPS) is 10.5. The second-order valence-electron chi connectivity index (χ2n) is 6.12. The van der Waals surface area contributed by atoms with E-state index in [4.69, 9.17) is 4.74 Å². The van der Waals surface area contributed by atoms with Crippen LogP contribution in [0.5, 0.6) is 5.75 Å². The second kappa shape index (κ2) is 8.51. The van der Waals surface area contributed by atoms with Crippen LogP contribution in [0.15, 0.2) is 66.0 Å². The molecule has 6 heteroatoms. The van der Waals surface area contributed by atoms with Crippen molar-refractivity contribution in [2.45, 2.75) is 20.0 Å². The lowest BCUT2D eigenvalue weighted by Crippen LogP contribution is -2.17. The molecule has 2 aromatic carbocycles. The van der Waals surface area contributed by atoms with E-state index in [1.54, 1.807) is 54.6 Å². The van der Waals surface area contributed by atoms with Crippen molar-refractivity contribution in [1.82, 2.24) is 0 Å². The third kappa shape index (κ3) is 4.95. The number of benzene rings is 2. The third-order valence-corrected chi connectivity index (χ3v) is 4.52. The van der Waals surface area contributed by atoms with E-state index in [0.29, 0.717) is 21.8 Å². The summed E-state index contributed by atoms with van der Waals surface area (Å²) in [5.74, 6) is 0.210. The zero-order chi connectivity index (χ0) is 19.2. The van der Waals surface area contributed by atoms with Crippen LogP contribution in [0.2, 0.25) is 0 Å². The van der Waals surface area contributed by atoms with E-state index in [1.807, 2.05) is 25.3 Å². The average molecular weight is 380 g/mol. The molecule has 0 unspecified atom stereocenters. The molecule has 3 rings (SSSR count). The maximum atomic E-state index is 12.7. The average Bonchev–Trinajstić information content (AvgIpc) is 3.18. The summed E-state index contributed by atoms with van der Waals surface area (Å²) in [6.07, 6.45) is 0.0873. The zero-order valence-corrected chi connectivity index (χ0v) is 15.9. The molecule has 27 heavy (non-hydrogen) atoms. The Morgan fingerprint density at radius 2 is 1.63 bits per heavy atom. The topological polar surface area (TPSA) is 67.4 Å². The van der Waals surface area contributed by atoms with Gasteiger partial charge in [-0.15, -0.1) is 11.3 Å². The Balaban J connectivity index is 1.72. The zero-order valence-electron chi connectivity index (χ0n) is 15.1. The van der Waals surface area contributed by atoms with Gasteiger partial charge in [0.1, 0.15) is 5.75 Å². The number of amides is 2. The first-order valence-electron chi connectivity index (χ1n) is 8.55. The summed E-state index contributed by atoms with van der Waals surface area (Å²) in [5.41, 5.74) is 1.51. The summed E-state index contributed by atoms with van der Waals surface area (Å²) < 4.78 is 5.60. The summed E-state index contributed by atoms with van der Waals surface area (Å²) in [6.45, 7) is 3.91. The molecule has 2 amide bonds. The highest BCUT2D eigenvalue weighted by Crippen LogP contribution is 2.21. The van der Waals surface area contributed by atoms with Crippen LogP contribution in [-0.4, -0.2) is 17.9 Å². The highest BCUT2D eigenvalue weighted by atomic mass is 32.1. The molecule has 0 saturated heterocycles. The van der Waals surface area contributed by atoms with Crippen molar-refractivity contribution in [2.24, 2.45) is 0 Å². The minimum absolute atomic E-state index is 0.0873. The summed E-state index contributed by atoms with van der Waals surface area (Å²) in [6, 6.07) is 17.6. The number of carbonyl (C=O) groups is 2. The summed E-state index contributed by atoms with van der Waals surface area (Å²) in [5, 5.41) is 7.48. The van der Waals surface area contributed by atoms with E-state index in [0.717, 1.165) is 5.75 Å². The number of para-hydroxylation sites is 1. The number of anilines is 2. The maximum absolute atomic E-state index is 12.7. The van der Waals surface area contributed by atoms with Crippen LogP contribution < -0.4 is 15.4 Å². The molecule has 3 aromatic rings. The van der Waals surface area contributed by atoms with Crippen molar-refractivity contribution in [3.63, 3.8) is 0 Å². The van der Waals surface area contributed by atoms with Gasteiger partial charge in [-0.3, -0.25) is 9.59 Å². The van der Waals surface area contributed by atoms with E-state index in [-0.39, 0.29) is 17.9 Å². The quantitative estimate of drug-likeness (QED) is 0.629. The van der Waals surface area contributed by atoms with Gasteiger partial charge in [-0.2, -0.15) is 0 Å². The lowest BCUT2D eigenvalue weighted by molar-refractivity contribution is 0.102. The first-order valence-corrected chi connectivity index (χ1v) is 9.43. The highest BCUT2D eigenvalue weighted by molar-refractivity contribution is 7.12. The van der Waals surface area contributed by atoms with Crippen LogP contribution in [0.4, 0.5) is 11.4 Å². The van der Waals surface area contributed by atoms with Gasteiger partial charge < -0.3 is 15.4 Å². The molecule has 138 valence electrons. The van der Waals surface area contributed by atoms with Crippen molar-refractivity contribution in [3.05, 3.63) is 76.5 Å². The van der Waals surface area contributed by atoms with Crippen LogP contribution in [-0.2, 0) is 0 Å². The summed E-state index contributed by atoms with van der Waals surface area (Å²) in [4.78, 5) is 25.6. The fourth-order valence-corrected chi connectivity index (χ4v) is 3.09. The molecular formula is C21H20N2O3S. The van der Waals surface area contributed by atoms with E-state index in [9.17, 15) is 9.59 Å². The van der Waals surface area contributed by atoms with Gasteiger partial charge in [0.25, 0.3) is 11.8 Å². The fraction of sp³-hybridized carbons (Fsp3) is 0.143. The molecule has 1 heterocycles. The molecule has 0 fully saturated rings. The van der Waals surface area contributed by atoms with Crippen molar-refractivity contribution in [1.29, 1.82) is 0 Å². The molecule has 0 bridgehead atoms. The van der Waals surface area contributed by atoms with Gasteiger partial charge in [-0.05, 0) is 61.7 Å². The van der Waals surface area contributed by atoms with Gasteiger partial charge in [0.15, 0.2) is 0 Å². The molecule has 0 atom stereocenters. The monoisotopic (exact) mass is 380 g/mol. The maximum Gasteiger partial charge on any atom is 0.265 e. The lowest BCUT2D eigenvalue weighted by atomic mass is 10.1. The van der Waals surface area contributed by atoms with E-state index < -0.39 is 0 Å². The lowest BCUT2D eigenvalue weighted by Gasteiger charge is -2.12. The molecule has 0 radical (unpaired) electrons. The first kappa shape index (κ1) is 18.7. The van der Waals surface area contributed by atoms with Gasteiger partial charge >= 0.3 is 0 Å². The van der Waals surface area contributed by atoms with Crippen molar-refractivity contribution in [3.8, 4) is 5.75 Å². The first-order chi connectivity index (χ1) is 13.0. The van der Waals surface area contributed by atoms with E-state index in [1.165, 1.54) is 11.3 Å². The smallest absolute Gasteiger partial charge is 0.265 e. The molecule has 0 aliphatic carbocycles. The van der Waals surface area contributed by atoms with E-state index in [2.05, 4.69) is 10.6 Å². The summed E-state index contributed by atoms with van der Waals surface area (Å²) >= 11 is 1.35. The number of hydrogen-bond donors (Lipinski definition) is 2. The Morgan fingerprint density at radius 3 is 2.30 bits per heavy atom. The van der Waals surface area contributed by atoms with Gasteiger partial charge in [-0.1, -0.05) is 18.2 Å². The van der Waals surface area contributed by atoms with Gasteiger partial charge in [0, 0.05) is 5.69 Å². The molecule has 1 aromatic heterocycles. The van der Waals surface area contributed by atoms with E-state index >= 15 is 0 Å². The van der Waals surface area contributed by atoms with Gasteiger partial charge in [0.2, 0.25) is 0 Å². The van der Waals surface area contributed by atoms with Gasteiger partial charge in [0.05, 0.1) is 22.2 Å². The molecule has 0 saturated carbocycles. The van der Waals surface area contributed by atoms with Crippen LogP contribution in [0.1, 0.15) is 33.9 Å². The fourth-order valence-electron chi connectivity index (χ4n) is 2.47. The third-order valence-electron chi connectivity index (χ3n) is 3.65. The molecule has 0 spiro atoms. The summed E-state index contributed by atoms with van der Waals surface area (Å²) in [7, 11) is 0. The standard InChI is InChI=1S/C21H20N2O3S/c1-14(2)26-16-11-9-15(10-12-16)22-20(24)17-6-3-4-7-18(17)23-21(25)19-8-5-13-27-19/h3-14H,1-2H3,(H,22,24)(H,23,25). The van der Waals surface area contributed by atoms with Crippen molar-refractivity contribution in [2.75, 3.05) is 10.6 Å². The number of thiophene rings is 1. The Kier molecular flexibility index (Phi) is 5.88. The van der Waals surface area contributed by atoms with Crippen LogP contribution in [0.25, 0.3) is 0 Å². The molecule has 0 aliphatic rings. The van der Waals surface area contributed by atoms with Crippen molar-refractivity contribution >= 4 is 34.5 Å². The largest absolute Gasteiger partial charge is 0.491 e. The number of ether oxygens (including phenoxy) is 1. The SMILES string of the molecule is CC(C)Oc1ccc(NC(=O)c2ccccc2NC(=O)c2cccs2)cc1. The Hall–Kier alpha value is -3.12. The highest BCUT2D eigenvalue weighted by Gasteiger charge is 2.15. The number of hydrogen-bond acceptors (Lipinski definition) is 4. The molecular weight excluding hydrogens is 360 g/mol. The number of rotatable bonds is 6. The van der Waals surface area contributed by atoms with Crippen molar-refractivity contribution < 1.29 is 14.3 Å². The predicted molar refractivity (Wildman–Crippen MR) is 109 cm³/mol. The molecule has 5 nitrogen and oxygen atoms in total. The number of carbonyl (C=O) groups excluding carboxylic acids is 2. The minimum Gasteiger partial charge on any atom is -0.491 e. The Bertz CT molecular complexity index is 919. The minimum atomic E-state index is -0.297. The second-order valence-corrected chi connectivity index (χ2v) is 7.07. The molecule has 2 N–H and O–H groups in total. The number of nitrogens with one attached hydrogen (secondary N) is 2. The predicted octanol–water partition coefficient (Wildman–Crippen LogP) is 5.04. The Morgan fingerprint density at radius 1 is 0.889 bits per heavy atom. The van der Waals surface area contributed by atoms with Crippen LogP contribution in [0, 0.1) is 0 Å². The van der Waals surface area contributed by atoms with Gasteiger partial charge in [-0.25, -0.2) is 0 Å².